The smallest absolute Gasteiger partial charge is 0.253 e. The third kappa shape index (κ3) is 3.24. The van der Waals surface area contributed by atoms with Crippen LogP contribution in [0.4, 0.5) is 0 Å². The van der Waals surface area contributed by atoms with Crippen molar-refractivity contribution in [1.82, 2.24) is 25.1 Å². The number of nitrogens with one attached hydrogen (secondary N) is 2. The van der Waals surface area contributed by atoms with Crippen molar-refractivity contribution in [2.45, 2.75) is 20.4 Å². The Morgan fingerprint density at radius 1 is 1.25 bits per heavy atom. The third-order valence-corrected chi connectivity index (χ3v) is 3.73. The number of carbonyl (C=O) groups excluding carboxylic acids is 1. The topological polar surface area (TPSA) is 92.7 Å². The number of rotatable bonds is 4. The largest absolute Gasteiger partial charge is 0.348 e. The molecule has 1 amide bonds. The van der Waals surface area contributed by atoms with Crippen molar-refractivity contribution in [3.63, 3.8) is 0 Å². The Bertz CT molecular complexity index is 911. The van der Waals surface area contributed by atoms with Crippen LogP contribution in [0.5, 0.6) is 0 Å². The predicted molar refractivity (Wildman–Crippen MR) is 89.1 cm³/mol. The number of aryl methyl sites for hydroxylation is 2. The molecule has 2 N–H and O–H groups in total. The summed E-state index contributed by atoms with van der Waals surface area (Å²) in [7, 11) is 0. The van der Waals surface area contributed by atoms with Gasteiger partial charge in [0.25, 0.3) is 11.5 Å². The quantitative estimate of drug-likeness (QED) is 0.761. The van der Waals surface area contributed by atoms with Gasteiger partial charge in [0, 0.05) is 23.4 Å². The second-order valence-corrected chi connectivity index (χ2v) is 5.51. The lowest BCUT2D eigenvalue weighted by atomic mass is 10.1. The first-order chi connectivity index (χ1) is 11.5. The van der Waals surface area contributed by atoms with Crippen molar-refractivity contribution in [3.05, 3.63) is 75.7 Å². The van der Waals surface area contributed by atoms with Crippen LogP contribution in [0.1, 0.15) is 27.2 Å². The van der Waals surface area contributed by atoms with E-state index < -0.39 is 0 Å². The minimum Gasteiger partial charge on any atom is -0.348 e. The van der Waals surface area contributed by atoms with Crippen molar-refractivity contribution in [1.29, 1.82) is 0 Å². The summed E-state index contributed by atoms with van der Waals surface area (Å²) < 4.78 is 1.61. The summed E-state index contributed by atoms with van der Waals surface area (Å²) in [6.45, 7) is 3.87. The summed E-state index contributed by atoms with van der Waals surface area (Å²) in [5.41, 5.74) is 3.38. The maximum Gasteiger partial charge on any atom is 0.253 e. The van der Waals surface area contributed by atoms with Crippen LogP contribution in [-0.4, -0.2) is 25.7 Å². The van der Waals surface area contributed by atoms with E-state index in [1.54, 1.807) is 35.3 Å². The van der Waals surface area contributed by atoms with E-state index in [1.165, 1.54) is 6.33 Å². The standard InChI is InChI=1S/C17H17N5O2/c1-11-7-12(2)21-17(24)15(11)8-19-16(23)13-3-5-14(6-4-13)22-10-18-9-20-22/h3-7,9-10H,8H2,1-2H3,(H,19,23)(H,21,24). The van der Waals surface area contributed by atoms with Gasteiger partial charge < -0.3 is 10.3 Å². The number of benzene rings is 1. The molecule has 3 aromatic rings. The van der Waals surface area contributed by atoms with Crippen LogP contribution in [0.25, 0.3) is 5.69 Å². The van der Waals surface area contributed by atoms with Gasteiger partial charge in [-0.25, -0.2) is 9.67 Å². The molecule has 0 atom stereocenters. The van der Waals surface area contributed by atoms with Crippen LogP contribution in [0.3, 0.4) is 0 Å². The molecule has 0 radical (unpaired) electrons. The molecule has 7 nitrogen and oxygen atoms in total. The molecule has 0 fully saturated rings. The number of carbonyl (C=O) groups is 1. The lowest BCUT2D eigenvalue weighted by Gasteiger charge is -2.08. The molecule has 0 saturated carbocycles. The van der Waals surface area contributed by atoms with Crippen molar-refractivity contribution in [2.75, 3.05) is 0 Å². The molecule has 7 heteroatoms. The molecule has 0 aliphatic heterocycles. The molecule has 0 spiro atoms. The second-order valence-electron chi connectivity index (χ2n) is 5.51. The molecule has 0 unspecified atom stereocenters. The number of hydrogen-bond acceptors (Lipinski definition) is 4. The third-order valence-electron chi connectivity index (χ3n) is 3.73. The molecule has 0 aliphatic rings. The fourth-order valence-electron chi connectivity index (χ4n) is 2.48. The normalized spacial score (nSPS) is 10.6. The molecule has 0 saturated heterocycles. The zero-order chi connectivity index (χ0) is 17.1. The molecule has 0 bridgehead atoms. The summed E-state index contributed by atoms with van der Waals surface area (Å²) in [5.74, 6) is -0.237. The molecule has 1 aromatic carbocycles. The van der Waals surface area contributed by atoms with E-state index in [0.29, 0.717) is 11.1 Å². The molecule has 122 valence electrons. The zero-order valence-corrected chi connectivity index (χ0v) is 13.4. The summed E-state index contributed by atoms with van der Waals surface area (Å²) in [5, 5.41) is 6.81. The minimum absolute atomic E-state index is 0.172. The summed E-state index contributed by atoms with van der Waals surface area (Å²) in [6.07, 6.45) is 3.03. The highest BCUT2D eigenvalue weighted by Gasteiger charge is 2.09. The van der Waals surface area contributed by atoms with Gasteiger partial charge in [-0.2, -0.15) is 5.10 Å². The Morgan fingerprint density at radius 2 is 2.00 bits per heavy atom. The van der Waals surface area contributed by atoms with Gasteiger partial charge in [0.1, 0.15) is 12.7 Å². The average molecular weight is 323 g/mol. The number of H-pyrrole nitrogens is 1. The minimum atomic E-state index is -0.237. The fourth-order valence-corrected chi connectivity index (χ4v) is 2.48. The Hall–Kier alpha value is -3.22. The Morgan fingerprint density at radius 3 is 2.62 bits per heavy atom. The van der Waals surface area contributed by atoms with Crippen molar-refractivity contribution < 1.29 is 4.79 Å². The monoisotopic (exact) mass is 323 g/mol. The van der Waals surface area contributed by atoms with Crippen molar-refractivity contribution in [2.24, 2.45) is 0 Å². The summed E-state index contributed by atoms with van der Waals surface area (Å²) in [4.78, 5) is 30.8. The zero-order valence-electron chi connectivity index (χ0n) is 13.4. The van der Waals surface area contributed by atoms with E-state index in [1.807, 2.05) is 19.9 Å². The van der Waals surface area contributed by atoms with Crippen LogP contribution in [0.15, 0.2) is 47.8 Å². The van der Waals surface area contributed by atoms with E-state index >= 15 is 0 Å². The Kier molecular flexibility index (Phi) is 4.24. The van der Waals surface area contributed by atoms with Crippen LogP contribution in [0, 0.1) is 13.8 Å². The lowest BCUT2D eigenvalue weighted by Crippen LogP contribution is -2.27. The number of aromatic amines is 1. The van der Waals surface area contributed by atoms with Gasteiger partial charge in [-0.1, -0.05) is 0 Å². The molecule has 2 aromatic heterocycles. The van der Waals surface area contributed by atoms with E-state index in [0.717, 1.165) is 16.9 Å². The van der Waals surface area contributed by atoms with Gasteiger partial charge in [-0.3, -0.25) is 9.59 Å². The Balaban J connectivity index is 1.71. The first-order valence-corrected chi connectivity index (χ1v) is 7.47. The number of pyridine rings is 1. The van der Waals surface area contributed by atoms with E-state index in [4.69, 9.17) is 0 Å². The Labute approximate surface area is 138 Å². The van der Waals surface area contributed by atoms with Gasteiger partial charge in [0.15, 0.2) is 0 Å². The molecule has 3 rings (SSSR count). The molecule has 0 aliphatic carbocycles. The average Bonchev–Trinajstić information content (AvgIpc) is 3.08. The molecular weight excluding hydrogens is 306 g/mol. The number of aromatic nitrogens is 4. The van der Waals surface area contributed by atoms with Gasteiger partial charge in [0.2, 0.25) is 0 Å². The van der Waals surface area contributed by atoms with E-state index in [2.05, 4.69) is 20.4 Å². The van der Waals surface area contributed by atoms with Crippen LogP contribution in [-0.2, 0) is 6.54 Å². The van der Waals surface area contributed by atoms with Gasteiger partial charge >= 0.3 is 0 Å². The van der Waals surface area contributed by atoms with Crippen LogP contribution < -0.4 is 10.9 Å². The maximum atomic E-state index is 12.2. The fraction of sp³-hybridized carbons (Fsp3) is 0.176. The second kappa shape index (κ2) is 6.49. The SMILES string of the molecule is Cc1cc(C)c(CNC(=O)c2ccc(-n3cncn3)cc2)c(=O)[nH]1. The highest BCUT2D eigenvalue weighted by molar-refractivity contribution is 5.94. The highest BCUT2D eigenvalue weighted by atomic mass is 16.1. The highest BCUT2D eigenvalue weighted by Crippen LogP contribution is 2.09. The van der Waals surface area contributed by atoms with E-state index in [-0.39, 0.29) is 18.0 Å². The van der Waals surface area contributed by atoms with Gasteiger partial charge in [0.05, 0.1) is 5.69 Å². The summed E-state index contributed by atoms with van der Waals surface area (Å²) in [6, 6.07) is 8.87. The number of nitrogens with zero attached hydrogens (tertiary/aromatic N) is 3. The van der Waals surface area contributed by atoms with Gasteiger partial charge in [-0.05, 0) is 49.7 Å². The van der Waals surface area contributed by atoms with Crippen molar-refractivity contribution >= 4 is 5.91 Å². The van der Waals surface area contributed by atoms with Gasteiger partial charge in [-0.15, -0.1) is 0 Å². The first-order valence-electron chi connectivity index (χ1n) is 7.47. The molecule has 2 heterocycles. The predicted octanol–water partition coefficient (Wildman–Crippen LogP) is 1.50. The first kappa shape index (κ1) is 15.7. The van der Waals surface area contributed by atoms with E-state index in [9.17, 15) is 9.59 Å². The van der Waals surface area contributed by atoms with Crippen LogP contribution >= 0.6 is 0 Å². The van der Waals surface area contributed by atoms with Crippen LogP contribution in [0.2, 0.25) is 0 Å². The number of hydrogen-bond donors (Lipinski definition) is 2. The lowest BCUT2D eigenvalue weighted by molar-refractivity contribution is 0.0951. The summed E-state index contributed by atoms with van der Waals surface area (Å²) >= 11 is 0. The molecule has 24 heavy (non-hydrogen) atoms. The van der Waals surface area contributed by atoms with Crippen molar-refractivity contribution in [3.8, 4) is 5.69 Å². The molecular formula is C17H17N5O2. The maximum absolute atomic E-state index is 12.2. The number of amides is 1.